The SMILES string of the molecule is C[C@@H]1C[C@@H](C)CN(C(=O)COC(=O)c2ccccc2NCCO)C1. The fourth-order valence-electron chi connectivity index (χ4n) is 3.17. The summed E-state index contributed by atoms with van der Waals surface area (Å²) in [4.78, 5) is 26.3. The largest absolute Gasteiger partial charge is 0.452 e. The summed E-state index contributed by atoms with van der Waals surface area (Å²) in [6.45, 7) is 5.76. The van der Waals surface area contributed by atoms with Gasteiger partial charge in [-0.15, -0.1) is 0 Å². The van der Waals surface area contributed by atoms with Gasteiger partial charge in [0.1, 0.15) is 0 Å². The number of aliphatic hydroxyl groups excluding tert-OH is 1. The monoisotopic (exact) mass is 334 g/mol. The zero-order valence-electron chi connectivity index (χ0n) is 14.3. The van der Waals surface area contributed by atoms with E-state index in [0.29, 0.717) is 29.6 Å². The molecular weight excluding hydrogens is 308 g/mol. The second-order valence-corrected chi connectivity index (χ2v) is 6.52. The molecule has 0 saturated carbocycles. The molecule has 1 aromatic rings. The minimum Gasteiger partial charge on any atom is -0.452 e. The molecule has 0 spiro atoms. The summed E-state index contributed by atoms with van der Waals surface area (Å²) in [6.07, 6.45) is 1.12. The van der Waals surface area contributed by atoms with E-state index in [0.717, 1.165) is 19.5 Å². The molecule has 24 heavy (non-hydrogen) atoms. The molecule has 2 rings (SSSR count). The molecule has 1 aliphatic rings. The molecule has 2 atom stereocenters. The first-order valence-electron chi connectivity index (χ1n) is 8.40. The first kappa shape index (κ1) is 18.3. The smallest absolute Gasteiger partial charge is 0.340 e. The van der Waals surface area contributed by atoms with Gasteiger partial charge in [-0.1, -0.05) is 26.0 Å². The Morgan fingerprint density at radius 1 is 1.25 bits per heavy atom. The van der Waals surface area contributed by atoms with Gasteiger partial charge in [-0.3, -0.25) is 4.79 Å². The minimum atomic E-state index is -0.539. The van der Waals surface area contributed by atoms with Crippen LogP contribution in [-0.2, 0) is 9.53 Å². The molecule has 0 radical (unpaired) electrons. The molecule has 132 valence electrons. The highest BCUT2D eigenvalue weighted by molar-refractivity contribution is 5.96. The number of likely N-dealkylation sites (tertiary alicyclic amines) is 1. The molecule has 1 fully saturated rings. The number of carbonyl (C=O) groups is 2. The number of amides is 1. The first-order valence-corrected chi connectivity index (χ1v) is 8.40. The maximum Gasteiger partial charge on any atom is 0.340 e. The van der Waals surface area contributed by atoms with Crippen molar-refractivity contribution in [3.8, 4) is 0 Å². The van der Waals surface area contributed by atoms with Gasteiger partial charge in [0, 0.05) is 25.3 Å². The van der Waals surface area contributed by atoms with Crippen LogP contribution in [0.1, 0.15) is 30.6 Å². The Kier molecular flexibility index (Phi) is 6.61. The number of hydrogen-bond donors (Lipinski definition) is 2. The zero-order valence-corrected chi connectivity index (χ0v) is 14.3. The number of para-hydroxylation sites is 1. The quantitative estimate of drug-likeness (QED) is 0.775. The van der Waals surface area contributed by atoms with Gasteiger partial charge in [0.05, 0.1) is 12.2 Å². The van der Waals surface area contributed by atoms with Gasteiger partial charge in [0.2, 0.25) is 0 Å². The maximum absolute atomic E-state index is 12.3. The third-order valence-electron chi connectivity index (χ3n) is 4.12. The van der Waals surface area contributed by atoms with E-state index in [1.165, 1.54) is 0 Å². The summed E-state index contributed by atoms with van der Waals surface area (Å²) in [6, 6.07) is 6.90. The van der Waals surface area contributed by atoms with E-state index in [4.69, 9.17) is 9.84 Å². The van der Waals surface area contributed by atoms with Crippen LogP contribution < -0.4 is 5.32 Å². The van der Waals surface area contributed by atoms with Gasteiger partial charge in [-0.2, -0.15) is 0 Å². The van der Waals surface area contributed by atoms with E-state index in [1.54, 1.807) is 29.2 Å². The molecule has 6 heteroatoms. The summed E-state index contributed by atoms with van der Waals surface area (Å²) in [5, 5.41) is 11.9. The fraction of sp³-hybridized carbons (Fsp3) is 0.556. The molecule has 0 bridgehead atoms. The summed E-state index contributed by atoms with van der Waals surface area (Å²) in [5.41, 5.74) is 0.948. The second-order valence-electron chi connectivity index (χ2n) is 6.52. The number of anilines is 1. The molecule has 1 amide bonds. The highest BCUT2D eigenvalue weighted by Crippen LogP contribution is 2.21. The van der Waals surface area contributed by atoms with E-state index < -0.39 is 5.97 Å². The Bertz CT molecular complexity index is 566. The molecule has 1 aliphatic heterocycles. The van der Waals surface area contributed by atoms with Crippen LogP contribution >= 0.6 is 0 Å². The minimum absolute atomic E-state index is 0.0345. The molecule has 2 N–H and O–H groups in total. The van der Waals surface area contributed by atoms with Crippen molar-refractivity contribution < 1.29 is 19.4 Å². The third kappa shape index (κ3) is 4.96. The molecular formula is C18H26N2O4. The molecule has 1 heterocycles. The molecule has 6 nitrogen and oxygen atoms in total. The lowest BCUT2D eigenvalue weighted by Crippen LogP contribution is -2.44. The number of nitrogens with one attached hydrogen (secondary N) is 1. The average Bonchev–Trinajstić information content (AvgIpc) is 2.57. The zero-order chi connectivity index (χ0) is 17.5. The number of nitrogens with zero attached hydrogens (tertiary/aromatic N) is 1. The number of piperidine rings is 1. The number of hydrogen-bond acceptors (Lipinski definition) is 5. The van der Waals surface area contributed by atoms with E-state index in [2.05, 4.69) is 19.2 Å². The van der Waals surface area contributed by atoms with Crippen molar-refractivity contribution in [1.82, 2.24) is 4.90 Å². The van der Waals surface area contributed by atoms with E-state index >= 15 is 0 Å². The molecule has 1 aromatic carbocycles. The summed E-state index contributed by atoms with van der Waals surface area (Å²) in [5.74, 6) is 0.249. The van der Waals surface area contributed by atoms with Gasteiger partial charge in [0.15, 0.2) is 6.61 Å². The van der Waals surface area contributed by atoms with Crippen LogP contribution in [0, 0.1) is 11.8 Å². The Morgan fingerprint density at radius 3 is 2.58 bits per heavy atom. The summed E-state index contributed by atoms with van der Waals surface area (Å²) >= 11 is 0. The number of esters is 1. The van der Waals surface area contributed by atoms with Crippen LogP contribution in [0.25, 0.3) is 0 Å². The van der Waals surface area contributed by atoms with E-state index in [-0.39, 0.29) is 19.1 Å². The fourth-order valence-corrected chi connectivity index (χ4v) is 3.17. The predicted molar refractivity (Wildman–Crippen MR) is 91.8 cm³/mol. The lowest BCUT2D eigenvalue weighted by molar-refractivity contribution is -0.137. The Labute approximate surface area is 142 Å². The highest BCUT2D eigenvalue weighted by Gasteiger charge is 2.26. The average molecular weight is 334 g/mol. The van der Waals surface area contributed by atoms with Crippen molar-refractivity contribution >= 4 is 17.6 Å². The van der Waals surface area contributed by atoms with Crippen molar-refractivity contribution in [2.45, 2.75) is 20.3 Å². The summed E-state index contributed by atoms with van der Waals surface area (Å²) < 4.78 is 5.20. The predicted octanol–water partition coefficient (Wildman–Crippen LogP) is 1.75. The van der Waals surface area contributed by atoms with E-state index in [1.807, 2.05) is 0 Å². The van der Waals surface area contributed by atoms with Crippen molar-refractivity contribution in [2.24, 2.45) is 11.8 Å². The lowest BCUT2D eigenvalue weighted by Gasteiger charge is -2.34. The standard InChI is InChI=1S/C18H26N2O4/c1-13-9-14(2)11-20(10-13)17(22)12-24-18(23)15-5-3-4-6-16(15)19-7-8-21/h3-6,13-14,19,21H,7-12H2,1-2H3/t13-,14-/m1/s1. The van der Waals surface area contributed by atoms with E-state index in [9.17, 15) is 9.59 Å². The molecule has 0 aliphatic carbocycles. The van der Waals surface area contributed by atoms with Crippen molar-refractivity contribution in [1.29, 1.82) is 0 Å². The van der Waals surface area contributed by atoms with Crippen LogP contribution in [0.15, 0.2) is 24.3 Å². The number of rotatable bonds is 6. The normalized spacial score (nSPS) is 20.5. The first-order chi connectivity index (χ1) is 11.5. The van der Waals surface area contributed by atoms with Gasteiger partial charge >= 0.3 is 5.97 Å². The van der Waals surface area contributed by atoms with Crippen molar-refractivity contribution in [3.63, 3.8) is 0 Å². The molecule has 0 unspecified atom stereocenters. The van der Waals surface area contributed by atoms with Gasteiger partial charge in [-0.05, 0) is 30.4 Å². The summed E-state index contributed by atoms with van der Waals surface area (Å²) in [7, 11) is 0. The molecule has 1 saturated heterocycles. The van der Waals surface area contributed by atoms with Crippen LogP contribution in [0.4, 0.5) is 5.69 Å². The molecule has 0 aromatic heterocycles. The number of carbonyl (C=O) groups excluding carboxylic acids is 2. The number of aliphatic hydroxyl groups is 1. The Hall–Kier alpha value is -2.08. The Balaban J connectivity index is 1.92. The van der Waals surface area contributed by atoms with Crippen LogP contribution in [0.2, 0.25) is 0 Å². The van der Waals surface area contributed by atoms with Crippen molar-refractivity contribution in [3.05, 3.63) is 29.8 Å². The lowest BCUT2D eigenvalue weighted by atomic mass is 9.92. The van der Waals surface area contributed by atoms with Gasteiger partial charge < -0.3 is 20.1 Å². The second kappa shape index (κ2) is 8.68. The number of ether oxygens (including phenoxy) is 1. The van der Waals surface area contributed by atoms with Gasteiger partial charge in [-0.25, -0.2) is 4.79 Å². The maximum atomic E-state index is 12.3. The Morgan fingerprint density at radius 2 is 1.92 bits per heavy atom. The van der Waals surface area contributed by atoms with Crippen LogP contribution in [-0.4, -0.2) is 54.7 Å². The van der Waals surface area contributed by atoms with Gasteiger partial charge in [0.25, 0.3) is 5.91 Å². The third-order valence-corrected chi connectivity index (χ3v) is 4.12. The van der Waals surface area contributed by atoms with Crippen molar-refractivity contribution in [2.75, 3.05) is 38.2 Å². The van der Waals surface area contributed by atoms with Crippen LogP contribution in [0.3, 0.4) is 0 Å². The number of benzene rings is 1. The highest BCUT2D eigenvalue weighted by atomic mass is 16.5. The topological polar surface area (TPSA) is 78.9 Å². The van der Waals surface area contributed by atoms with Crippen LogP contribution in [0.5, 0.6) is 0 Å².